The second-order valence-electron chi connectivity index (χ2n) is 6.30. The van der Waals surface area contributed by atoms with Crippen LogP contribution < -0.4 is 0 Å². The maximum atomic E-state index is 12.3. The minimum atomic E-state index is 0.0892. The molecular formula is C19H21N5O2S. The van der Waals surface area contributed by atoms with Crippen molar-refractivity contribution in [3.8, 4) is 11.3 Å². The van der Waals surface area contributed by atoms with Gasteiger partial charge in [0.2, 0.25) is 11.1 Å². The van der Waals surface area contributed by atoms with Crippen LogP contribution in [0.2, 0.25) is 0 Å². The molecule has 1 fully saturated rings. The maximum Gasteiger partial charge on any atom is 0.233 e. The SMILES string of the molecule is CCc1ccc(-c2ccc3nnc(SCC(=O)N4CCOCC4)n3n2)cc1. The summed E-state index contributed by atoms with van der Waals surface area (Å²) >= 11 is 1.36. The number of rotatable bonds is 5. The quantitative estimate of drug-likeness (QED) is 0.630. The molecule has 4 rings (SSSR count). The van der Waals surface area contributed by atoms with Crippen LogP contribution >= 0.6 is 11.8 Å². The molecule has 0 spiro atoms. The van der Waals surface area contributed by atoms with Crippen LogP contribution in [0.4, 0.5) is 0 Å². The van der Waals surface area contributed by atoms with Gasteiger partial charge in [0, 0.05) is 18.7 Å². The van der Waals surface area contributed by atoms with Crippen LogP contribution in [0, 0.1) is 0 Å². The van der Waals surface area contributed by atoms with Crippen LogP contribution in [0.3, 0.4) is 0 Å². The van der Waals surface area contributed by atoms with E-state index in [0.717, 1.165) is 17.7 Å². The number of ether oxygens (including phenoxy) is 1. The van der Waals surface area contributed by atoms with Crippen molar-refractivity contribution in [3.05, 3.63) is 42.0 Å². The normalized spacial score (nSPS) is 14.6. The molecule has 0 atom stereocenters. The summed E-state index contributed by atoms with van der Waals surface area (Å²) in [5.41, 5.74) is 3.86. The molecule has 0 bridgehead atoms. The molecule has 1 aromatic carbocycles. The zero-order valence-corrected chi connectivity index (χ0v) is 16.0. The molecule has 0 N–H and O–H groups in total. The van der Waals surface area contributed by atoms with Gasteiger partial charge in [-0.3, -0.25) is 4.79 Å². The Balaban J connectivity index is 1.52. The highest BCUT2D eigenvalue weighted by Gasteiger charge is 2.18. The Hall–Kier alpha value is -2.45. The van der Waals surface area contributed by atoms with Crippen molar-refractivity contribution in [2.24, 2.45) is 0 Å². The number of morpholine rings is 1. The summed E-state index contributed by atoms with van der Waals surface area (Å²) in [6.45, 7) is 4.64. The summed E-state index contributed by atoms with van der Waals surface area (Å²) in [4.78, 5) is 14.2. The highest BCUT2D eigenvalue weighted by Crippen LogP contribution is 2.21. The fraction of sp³-hybridized carbons (Fsp3) is 0.368. The minimum absolute atomic E-state index is 0.0892. The number of carbonyl (C=O) groups is 1. The first-order valence-corrected chi connectivity index (χ1v) is 10.0. The van der Waals surface area contributed by atoms with Gasteiger partial charge in [-0.2, -0.15) is 9.61 Å². The Bertz CT molecular complexity index is 935. The van der Waals surface area contributed by atoms with Crippen molar-refractivity contribution < 1.29 is 9.53 Å². The molecule has 0 saturated carbocycles. The van der Waals surface area contributed by atoms with E-state index in [2.05, 4.69) is 46.5 Å². The number of aryl methyl sites for hydroxylation is 1. The number of thioether (sulfide) groups is 1. The third kappa shape index (κ3) is 3.96. The van der Waals surface area contributed by atoms with Crippen molar-refractivity contribution in [1.82, 2.24) is 24.7 Å². The van der Waals surface area contributed by atoms with Gasteiger partial charge in [0.05, 0.1) is 24.7 Å². The van der Waals surface area contributed by atoms with Crippen LogP contribution in [0.1, 0.15) is 12.5 Å². The zero-order valence-electron chi connectivity index (χ0n) is 15.2. The average molecular weight is 383 g/mol. The van der Waals surface area contributed by atoms with Gasteiger partial charge in [-0.25, -0.2) is 0 Å². The van der Waals surface area contributed by atoms with E-state index in [1.807, 2.05) is 17.0 Å². The van der Waals surface area contributed by atoms with Crippen molar-refractivity contribution in [1.29, 1.82) is 0 Å². The van der Waals surface area contributed by atoms with E-state index < -0.39 is 0 Å². The summed E-state index contributed by atoms with van der Waals surface area (Å²) in [5, 5.41) is 13.6. The lowest BCUT2D eigenvalue weighted by molar-refractivity contribution is -0.132. The van der Waals surface area contributed by atoms with Gasteiger partial charge in [0.15, 0.2) is 5.65 Å². The molecule has 7 nitrogen and oxygen atoms in total. The number of amides is 1. The molecule has 0 aliphatic carbocycles. The number of aromatic nitrogens is 4. The van der Waals surface area contributed by atoms with Gasteiger partial charge in [0.25, 0.3) is 0 Å². The fourth-order valence-electron chi connectivity index (χ4n) is 2.95. The third-order valence-electron chi connectivity index (χ3n) is 4.58. The number of benzene rings is 1. The maximum absolute atomic E-state index is 12.3. The first-order chi connectivity index (χ1) is 13.2. The Labute approximate surface area is 161 Å². The van der Waals surface area contributed by atoms with Crippen molar-refractivity contribution in [2.75, 3.05) is 32.1 Å². The Morgan fingerprint density at radius 3 is 2.63 bits per heavy atom. The Morgan fingerprint density at radius 1 is 1.11 bits per heavy atom. The number of hydrogen-bond acceptors (Lipinski definition) is 6. The van der Waals surface area contributed by atoms with Crippen LogP contribution in [0.25, 0.3) is 16.9 Å². The average Bonchev–Trinajstić information content (AvgIpc) is 3.15. The first-order valence-electron chi connectivity index (χ1n) is 9.04. The molecule has 140 valence electrons. The van der Waals surface area contributed by atoms with E-state index in [1.54, 1.807) is 4.52 Å². The number of fused-ring (bicyclic) bond motifs is 1. The second kappa shape index (κ2) is 8.06. The topological polar surface area (TPSA) is 72.6 Å². The first kappa shape index (κ1) is 17.9. The van der Waals surface area contributed by atoms with Gasteiger partial charge < -0.3 is 9.64 Å². The van der Waals surface area contributed by atoms with E-state index in [4.69, 9.17) is 4.74 Å². The number of nitrogens with zero attached hydrogens (tertiary/aromatic N) is 5. The predicted molar refractivity (Wildman–Crippen MR) is 104 cm³/mol. The van der Waals surface area contributed by atoms with Crippen LogP contribution in [0.15, 0.2) is 41.6 Å². The predicted octanol–water partition coefficient (Wildman–Crippen LogP) is 2.30. The van der Waals surface area contributed by atoms with E-state index in [-0.39, 0.29) is 5.91 Å². The molecule has 1 amide bonds. The smallest absolute Gasteiger partial charge is 0.233 e. The molecule has 3 heterocycles. The molecule has 1 saturated heterocycles. The molecule has 1 aliphatic heterocycles. The summed E-state index contributed by atoms with van der Waals surface area (Å²) in [5.74, 6) is 0.407. The lowest BCUT2D eigenvalue weighted by atomic mass is 10.1. The standard InChI is InChI=1S/C19H21N5O2S/c1-2-14-3-5-15(6-4-14)16-7-8-17-20-21-19(24(17)22-16)27-13-18(25)23-9-11-26-12-10-23/h3-8H,2,9-13H2,1H3. The highest BCUT2D eigenvalue weighted by molar-refractivity contribution is 7.99. The molecule has 0 radical (unpaired) electrons. The summed E-state index contributed by atoms with van der Waals surface area (Å²) < 4.78 is 7.00. The largest absolute Gasteiger partial charge is 0.378 e. The monoisotopic (exact) mass is 383 g/mol. The van der Waals surface area contributed by atoms with Crippen molar-refractivity contribution >= 4 is 23.3 Å². The molecule has 0 unspecified atom stereocenters. The fourth-order valence-corrected chi connectivity index (χ4v) is 3.75. The lowest BCUT2D eigenvalue weighted by Gasteiger charge is -2.26. The van der Waals surface area contributed by atoms with E-state index in [1.165, 1.54) is 17.3 Å². The summed E-state index contributed by atoms with van der Waals surface area (Å²) in [6.07, 6.45) is 1.01. The molecule has 2 aromatic heterocycles. The molecule has 1 aliphatic rings. The molecule has 8 heteroatoms. The molecule has 3 aromatic rings. The molecule has 27 heavy (non-hydrogen) atoms. The molecular weight excluding hydrogens is 362 g/mol. The van der Waals surface area contributed by atoms with Gasteiger partial charge in [-0.15, -0.1) is 10.2 Å². The van der Waals surface area contributed by atoms with Crippen LogP contribution in [-0.4, -0.2) is 62.7 Å². The summed E-state index contributed by atoms with van der Waals surface area (Å²) in [6, 6.07) is 12.2. The third-order valence-corrected chi connectivity index (χ3v) is 5.48. The Kier molecular flexibility index (Phi) is 5.35. The lowest BCUT2D eigenvalue weighted by Crippen LogP contribution is -2.41. The summed E-state index contributed by atoms with van der Waals surface area (Å²) in [7, 11) is 0. The zero-order chi connectivity index (χ0) is 18.6. The number of hydrogen-bond donors (Lipinski definition) is 0. The van der Waals surface area contributed by atoms with Gasteiger partial charge in [-0.1, -0.05) is 43.0 Å². The van der Waals surface area contributed by atoms with Crippen molar-refractivity contribution in [3.63, 3.8) is 0 Å². The van der Waals surface area contributed by atoms with Gasteiger partial charge in [-0.05, 0) is 24.1 Å². The van der Waals surface area contributed by atoms with Crippen LogP contribution in [0.5, 0.6) is 0 Å². The van der Waals surface area contributed by atoms with Gasteiger partial charge >= 0.3 is 0 Å². The minimum Gasteiger partial charge on any atom is -0.378 e. The Morgan fingerprint density at radius 2 is 1.89 bits per heavy atom. The van der Waals surface area contributed by atoms with E-state index in [0.29, 0.717) is 42.9 Å². The number of carbonyl (C=O) groups excluding carboxylic acids is 1. The van der Waals surface area contributed by atoms with Crippen LogP contribution in [-0.2, 0) is 16.0 Å². The second-order valence-corrected chi connectivity index (χ2v) is 7.25. The van der Waals surface area contributed by atoms with E-state index >= 15 is 0 Å². The van der Waals surface area contributed by atoms with Gasteiger partial charge in [0.1, 0.15) is 0 Å². The van der Waals surface area contributed by atoms with Crippen molar-refractivity contribution in [2.45, 2.75) is 18.5 Å². The van der Waals surface area contributed by atoms with E-state index in [9.17, 15) is 4.79 Å². The highest BCUT2D eigenvalue weighted by atomic mass is 32.2.